The molecule has 1 heterocycles. The number of para-hydroxylation sites is 2. The Kier molecular flexibility index (Phi) is 5.22. The van der Waals surface area contributed by atoms with Gasteiger partial charge in [-0.25, -0.2) is 4.98 Å². The first-order valence-corrected chi connectivity index (χ1v) is 8.79. The standard InChI is InChI=1S/C17H22N2O4S/c1-4-16(5-2,13(20)21)17(6-3,14(22)23)24-15-18-11-9-7-8-10-12(11)19-15/h7-10H,4-6H2,1-3H3,(H,18,19)(H,20,21)(H,22,23). The SMILES string of the molecule is CCC(CC)(C(=O)O)C(CC)(Sc1nc2ccccc2[nH]1)C(=O)O. The Morgan fingerprint density at radius 2 is 1.71 bits per heavy atom. The molecular formula is C17H22N2O4S. The van der Waals surface area contributed by atoms with Crippen LogP contribution < -0.4 is 0 Å². The second-order valence-electron chi connectivity index (χ2n) is 5.74. The second kappa shape index (κ2) is 6.84. The number of carbonyl (C=O) groups is 2. The fourth-order valence-electron chi connectivity index (χ4n) is 3.35. The van der Waals surface area contributed by atoms with Crippen molar-refractivity contribution in [1.82, 2.24) is 9.97 Å². The van der Waals surface area contributed by atoms with E-state index in [2.05, 4.69) is 9.97 Å². The molecule has 0 bridgehead atoms. The van der Waals surface area contributed by atoms with Crippen molar-refractivity contribution in [2.45, 2.75) is 49.9 Å². The third-order valence-electron chi connectivity index (χ3n) is 4.87. The molecule has 2 rings (SSSR count). The molecule has 0 aliphatic carbocycles. The van der Waals surface area contributed by atoms with E-state index in [4.69, 9.17) is 0 Å². The van der Waals surface area contributed by atoms with Crippen molar-refractivity contribution >= 4 is 34.7 Å². The molecule has 0 spiro atoms. The van der Waals surface area contributed by atoms with Crippen LogP contribution in [-0.4, -0.2) is 36.9 Å². The first kappa shape index (κ1) is 18.3. The molecule has 0 saturated heterocycles. The summed E-state index contributed by atoms with van der Waals surface area (Å²) in [7, 11) is 0. The van der Waals surface area contributed by atoms with Gasteiger partial charge in [0.2, 0.25) is 0 Å². The lowest BCUT2D eigenvalue weighted by Gasteiger charge is -2.42. The quantitative estimate of drug-likeness (QED) is 0.626. The van der Waals surface area contributed by atoms with Gasteiger partial charge in [0.05, 0.1) is 16.4 Å². The minimum absolute atomic E-state index is 0.179. The number of fused-ring (bicyclic) bond motifs is 1. The van der Waals surface area contributed by atoms with Crippen LogP contribution in [0.5, 0.6) is 0 Å². The third-order valence-corrected chi connectivity index (χ3v) is 6.46. The molecule has 2 aromatic rings. The average Bonchev–Trinajstić information content (AvgIpc) is 2.96. The molecule has 3 N–H and O–H groups in total. The van der Waals surface area contributed by atoms with Gasteiger partial charge in [0.25, 0.3) is 0 Å². The fraction of sp³-hybridized carbons (Fsp3) is 0.471. The van der Waals surface area contributed by atoms with Gasteiger partial charge >= 0.3 is 11.9 Å². The summed E-state index contributed by atoms with van der Waals surface area (Å²) in [5.41, 5.74) is 0.144. The Bertz CT molecular complexity index is 721. The highest BCUT2D eigenvalue weighted by atomic mass is 32.2. The Hall–Kier alpha value is -2.02. The van der Waals surface area contributed by atoms with Gasteiger partial charge in [-0.15, -0.1) is 0 Å². The lowest BCUT2D eigenvalue weighted by molar-refractivity contribution is -0.160. The molecule has 0 aliphatic rings. The normalized spacial score (nSPS) is 14.5. The zero-order chi connectivity index (χ0) is 18.0. The van der Waals surface area contributed by atoms with Crippen molar-refractivity contribution < 1.29 is 19.8 Å². The van der Waals surface area contributed by atoms with Crippen molar-refractivity contribution in [2.75, 3.05) is 0 Å². The Balaban J connectivity index is 2.59. The van der Waals surface area contributed by atoms with Crippen molar-refractivity contribution in [3.63, 3.8) is 0 Å². The van der Waals surface area contributed by atoms with Crippen LogP contribution in [0.4, 0.5) is 0 Å². The van der Waals surface area contributed by atoms with Crippen LogP contribution in [0.2, 0.25) is 0 Å². The van der Waals surface area contributed by atoms with E-state index < -0.39 is 22.1 Å². The number of hydrogen-bond acceptors (Lipinski definition) is 4. The highest BCUT2D eigenvalue weighted by molar-refractivity contribution is 8.01. The number of nitrogens with zero attached hydrogens (tertiary/aromatic N) is 1. The second-order valence-corrected chi connectivity index (χ2v) is 7.03. The molecule has 1 atom stereocenters. The van der Waals surface area contributed by atoms with Crippen molar-refractivity contribution in [3.05, 3.63) is 24.3 Å². The predicted molar refractivity (Wildman–Crippen MR) is 93.3 cm³/mol. The molecule has 1 unspecified atom stereocenters. The van der Waals surface area contributed by atoms with E-state index in [1.807, 2.05) is 24.3 Å². The summed E-state index contributed by atoms with van der Waals surface area (Å²) in [5, 5.41) is 20.3. The molecular weight excluding hydrogens is 328 g/mol. The highest BCUT2D eigenvalue weighted by Gasteiger charge is 2.59. The number of imidazole rings is 1. The fourth-order valence-corrected chi connectivity index (χ4v) is 4.78. The van der Waals surface area contributed by atoms with E-state index in [1.54, 1.807) is 20.8 Å². The smallest absolute Gasteiger partial charge is 0.321 e. The Morgan fingerprint density at radius 3 is 2.17 bits per heavy atom. The number of aromatic amines is 1. The summed E-state index contributed by atoms with van der Waals surface area (Å²) < 4.78 is -1.50. The number of nitrogens with one attached hydrogen (secondary N) is 1. The van der Waals surface area contributed by atoms with E-state index in [-0.39, 0.29) is 19.3 Å². The minimum atomic E-state index is -1.50. The molecule has 0 fully saturated rings. The summed E-state index contributed by atoms with van der Waals surface area (Å²) in [6.07, 6.45) is 0.635. The third kappa shape index (κ3) is 2.66. The van der Waals surface area contributed by atoms with Crippen LogP contribution in [0.1, 0.15) is 40.0 Å². The summed E-state index contributed by atoms with van der Waals surface area (Å²) in [4.78, 5) is 31.8. The number of hydrogen-bond donors (Lipinski definition) is 3. The van der Waals surface area contributed by atoms with E-state index in [1.165, 1.54) is 0 Å². The molecule has 1 aromatic heterocycles. The number of benzene rings is 1. The summed E-state index contributed by atoms with van der Waals surface area (Å²) in [5.74, 6) is -2.21. The van der Waals surface area contributed by atoms with Crippen LogP contribution in [0, 0.1) is 5.41 Å². The molecule has 130 valence electrons. The summed E-state index contributed by atoms with van der Waals surface area (Å²) in [6.45, 7) is 5.17. The average molecular weight is 350 g/mol. The minimum Gasteiger partial charge on any atom is -0.481 e. The first-order valence-electron chi connectivity index (χ1n) is 7.97. The van der Waals surface area contributed by atoms with Gasteiger partial charge in [-0.05, 0) is 31.4 Å². The van der Waals surface area contributed by atoms with Gasteiger partial charge in [-0.2, -0.15) is 0 Å². The van der Waals surface area contributed by atoms with Crippen LogP contribution in [0.15, 0.2) is 29.4 Å². The maximum absolute atomic E-state index is 12.2. The Morgan fingerprint density at radius 1 is 1.08 bits per heavy atom. The molecule has 0 radical (unpaired) electrons. The number of rotatable bonds is 8. The largest absolute Gasteiger partial charge is 0.481 e. The van der Waals surface area contributed by atoms with Crippen LogP contribution in [0.3, 0.4) is 0 Å². The first-order chi connectivity index (χ1) is 11.4. The number of carboxylic acid groups (broad SMARTS) is 2. The lowest BCUT2D eigenvalue weighted by atomic mass is 9.69. The monoisotopic (exact) mass is 350 g/mol. The van der Waals surface area contributed by atoms with Gasteiger partial charge in [0.1, 0.15) is 4.75 Å². The van der Waals surface area contributed by atoms with Crippen LogP contribution in [0.25, 0.3) is 11.0 Å². The molecule has 0 amide bonds. The van der Waals surface area contributed by atoms with Gasteiger partial charge in [-0.1, -0.05) is 44.7 Å². The number of thioether (sulfide) groups is 1. The van der Waals surface area contributed by atoms with Gasteiger partial charge < -0.3 is 15.2 Å². The zero-order valence-corrected chi connectivity index (χ0v) is 14.8. The number of aromatic nitrogens is 2. The zero-order valence-electron chi connectivity index (χ0n) is 14.0. The van der Waals surface area contributed by atoms with E-state index in [0.717, 1.165) is 22.8 Å². The van der Waals surface area contributed by atoms with Gasteiger partial charge in [-0.3, -0.25) is 9.59 Å². The van der Waals surface area contributed by atoms with E-state index in [9.17, 15) is 19.8 Å². The molecule has 1 aromatic carbocycles. The summed E-state index contributed by atoms with van der Waals surface area (Å²) in [6, 6.07) is 7.39. The van der Waals surface area contributed by atoms with E-state index >= 15 is 0 Å². The maximum atomic E-state index is 12.2. The van der Waals surface area contributed by atoms with Gasteiger partial charge in [0, 0.05) is 0 Å². The molecule has 0 aliphatic heterocycles. The van der Waals surface area contributed by atoms with Crippen LogP contribution in [-0.2, 0) is 9.59 Å². The Labute approximate surface area is 144 Å². The molecule has 0 saturated carbocycles. The molecule has 6 nitrogen and oxygen atoms in total. The van der Waals surface area contributed by atoms with Crippen molar-refractivity contribution in [1.29, 1.82) is 0 Å². The maximum Gasteiger partial charge on any atom is 0.321 e. The predicted octanol–water partition coefficient (Wildman–Crippen LogP) is 3.78. The molecule has 24 heavy (non-hydrogen) atoms. The highest BCUT2D eigenvalue weighted by Crippen LogP contribution is 2.52. The van der Waals surface area contributed by atoms with Crippen molar-refractivity contribution in [2.24, 2.45) is 5.41 Å². The van der Waals surface area contributed by atoms with Gasteiger partial charge in [0.15, 0.2) is 5.16 Å². The number of carboxylic acids is 2. The van der Waals surface area contributed by atoms with Crippen molar-refractivity contribution in [3.8, 4) is 0 Å². The van der Waals surface area contributed by atoms with Crippen LogP contribution >= 0.6 is 11.8 Å². The van der Waals surface area contributed by atoms with E-state index in [0.29, 0.717) is 5.16 Å². The topological polar surface area (TPSA) is 103 Å². The molecule has 7 heteroatoms. The number of aliphatic carboxylic acids is 2. The lowest BCUT2D eigenvalue weighted by Crippen LogP contribution is -2.55. The summed E-state index contributed by atoms with van der Waals surface area (Å²) >= 11 is 1.01. The number of H-pyrrole nitrogens is 1.